The summed E-state index contributed by atoms with van der Waals surface area (Å²) in [6.07, 6.45) is 1.61. The molecule has 0 spiro atoms. The normalized spacial score (nSPS) is 10.0. The quantitative estimate of drug-likeness (QED) is 0.660. The monoisotopic (exact) mass is 200 g/mol. The Balaban J connectivity index is 2.32. The zero-order valence-corrected chi connectivity index (χ0v) is 7.91. The lowest BCUT2D eigenvalue weighted by Gasteiger charge is -2.01. The molecular weight excluding hydrogens is 191 g/mol. The number of hydrogen-bond donors (Lipinski definition) is 2. The standard InChI is InChI=1S/C10H9BN2O2/c14-11(15)9-5-3-8(4-6-9)10-2-1-7-12-13-10/h1-7,14-15H. The molecule has 0 unspecified atom stereocenters. The van der Waals surface area contributed by atoms with Gasteiger partial charge in [-0.3, -0.25) is 0 Å². The molecule has 5 heteroatoms. The van der Waals surface area contributed by atoms with E-state index >= 15 is 0 Å². The van der Waals surface area contributed by atoms with Crippen LogP contribution in [-0.4, -0.2) is 27.4 Å². The van der Waals surface area contributed by atoms with E-state index in [2.05, 4.69) is 10.2 Å². The van der Waals surface area contributed by atoms with Crippen LogP contribution in [-0.2, 0) is 0 Å². The first-order chi connectivity index (χ1) is 7.27. The lowest BCUT2D eigenvalue weighted by Crippen LogP contribution is -2.29. The van der Waals surface area contributed by atoms with Gasteiger partial charge >= 0.3 is 7.12 Å². The summed E-state index contributed by atoms with van der Waals surface area (Å²) in [5, 5.41) is 25.5. The molecule has 0 radical (unpaired) electrons. The maximum absolute atomic E-state index is 8.91. The van der Waals surface area contributed by atoms with Crippen LogP contribution in [0, 0.1) is 0 Å². The summed E-state index contributed by atoms with van der Waals surface area (Å²) in [6.45, 7) is 0. The van der Waals surface area contributed by atoms with E-state index in [1.807, 2.05) is 6.07 Å². The molecule has 0 aliphatic carbocycles. The molecule has 2 aromatic rings. The van der Waals surface area contributed by atoms with E-state index in [1.165, 1.54) is 0 Å². The van der Waals surface area contributed by atoms with Gasteiger partial charge in [-0.1, -0.05) is 24.3 Å². The van der Waals surface area contributed by atoms with Crippen LogP contribution >= 0.6 is 0 Å². The van der Waals surface area contributed by atoms with Crippen LogP contribution in [0.2, 0.25) is 0 Å². The fourth-order valence-electron chi connectivity index (χ4n) is 1.28. The highest BCUT2D eigenvalue weighted by molar-refractivity contribution is 6.58. The topological polar surface area (TPSA) is 66.2 Å². The van der Waals surface area contributed by atoms with Gasteiger partial charge in [-0.2, -0.15) is 10.2 Å². The van der Waals surface area contributed by atoms with Crippen molar-refractivity contribution in [2.45, 2.75) is 0 Å². The fraction of sp³-hybridized carbons (Fsp3) is 0. The molecule has 0 bridgehead atoms. The summed E-state index contributed by atoms with van der Waals surface area (Å²) in [5.41, 5.74) is 2.12. The molecule has 4 nitrogen and oxygen atoms in total. The van der Waals surface area contributed by atoms with Crippen molar-refractivity contribution < 1.29 is 10.0 Å². The Hall–Kier alpha value is -1.72. The zero-order valence-electron chi connectivity index (χ0n) is 7.91. The highest BCUT2D eigenvalue weighted by atomic mass is 16.4. The molecule has 2 N–H and O–H groups in total. The van der Waals surface area contributed by atoms with Crippen molar-refractivity contribution in [2.24, 2.45) is 0 Å². The van der Waals surface area contributed by atoms with E-state index in [9.17, 15) is 0 Å². The Bertz CT molecular complexity index is 431. The summed E-state index contributed by atoms with van der Waals surface area (Å²) >= 11 is 0. The second kappa shape index (κ2) is 4.21. The maximum Gasteiger partial charge on any atom is 0.488 e. The Morgan fingerprint density at radius 1 is 1.00 bits per heavy atom. The van der Waals surface area contributed by atoms with Gasteiger partial charge in [0, 0.05) is 11.8 Å². The molecule has 0 amide bonds. The van der Waals surface area contributed by atoms with E-state index in [4.69, 9.17) is 10.0 Å². The molecule has 1 aromatic carbocycles. The van der Waals surface area contributed by atoms with Crippen molar-refractivity contribution >= 4 is 12.6 Å². The van der Waals surface area contributed by atoms with Gasteiger partial charge in [0.05, 0.1) is 5.69 Å². The third-order valence-electron chi connectivity index (χ3n) is 2.08. The second-order valence-electron chi connectivity index (χ2n) is 3.10. The Morgan fingerprint density at radius 3 is 2.27 bits per heavy atom. The summed E-state index contributed by atoms with van der Waals surface area (Å²) in [5.74, 6) is 0. The van der Waals surface area contributed by atoms with Crippen molar-refractivity contribution in [3.63, 3.8) is 0 Å². The lowest BCUT2D eigenvalue weighted by molar-refractivity contribution is 0.426. The highest BCUT2D eigenvalue weighted by Crippen LogP contribution is 2.13. The Kier molecular flexibility index (Phi) is 2.76. The molecule has 2 rings (SSSR count). The molecule has 0 aliphatic rings. The molecule has 0 saturated heterocycles. The SMILES string of the molecule is OB(O)c1ccc(-c2cccnn2)cc1. The van der Waals surface area contributed by atoms with Crippen LogP contribution < -0.4 is 5.46 Å². The summed E-state index contributed by atoms with van der Waals surface area (Å²) in [6, 6.07) is 10.5. The molecule has 0 atom stereocenters. The van der Waals surface area contributed by atoms with E-state index in [0.717, 1.165) is 11.3 Å². The van der Waals surface area contributed by atoms with Crippen LogP contribution in [0.5, 0.6) is 0 Å². The van der Waals surface area contributed by atoms with Crippen molar-refractivity contribution in [3.8, 4) is 11.3 Å². The van der Waals surface area contributed by atoms with Crippen LogP contribution in [0.15, 0.2) is 42.6 Å². The van der Waals surface area contributed by atoms with Crippen molar-refractivity contribution in [2.75, 3.05) is 0 Å². The molecule has 0 saturated carbocycles. The lowest BCUT2D eigenvalue weighted by atomic mass is 9.80. The number of rotatable bonds is 2. The van der Waals surface area contributed by atoms with Crippen LogP contribution in [0.25, 0.3) is 11.3 Å². The number of hydrogen-bond acceptors (Lipinski definition) is 4. The fourth-order valence-corrected chi connectivity index (χ4v) is 1.28. The first kappa shape index (κ1) is 9.83. The molecule has 15 heavy (non-hydrogen) atoms. The molecule has 74 valence electrons. The van der Waals surface area contributed by atoms with Gasteiger partial charge in [-0.25, -0.2) is 0 Å². The predicted molar refractivity (Wildman–Crippen MR) is 57.3 cm³/mol. The Labute approximate surface area is 87.4 Å². The minimum atomic E-state index is -1.43. The van der Waals surface area contributed by atoms with Gasteiger partial charge in [0.2, 0.25) is 0 Å². The minimum absolute atomic E-state index is 0.461. The first-order valence-corrected chi connectivity index (χ1v) is 4.51. The zero-order chi connectivity index (χ0) is 10.7. The van der Waals surface area contributed by atoms with Crippen molar-refractivity contribution in [1.82, 2.24) is 10.2 Å². The van der Waals surface area contributed by atoms with Gasteiger partial charge in [0.15, 0.2) is 0 Å². The van der Waals surface area contributed by atoms with Gasteiger partial charge in [0.25, 0.3) is 0 Å². The minimum Gasteiger partial charge on any atom is -0.423 e. The van der Waals surface area contributed by atoms with Crippen LogP contribution in [0.3, 0.4) is 0 Å². The first-order valence-electron chi connectivity index (χ1n) is 4.51. The van der Waals surface area contributed by atoms with Gasteiger partial charge in [0.1, 0.15) is 0 Å². The van der Waals surface area contributed by atoms with E-state index in [-0.39, 0.29) is 0 Å². The van der Waals surface area contributed by atoms with Gasteiger partial charge < -0.3 is 10.0 Å². The summed E-state index contributed by atoms with van der Waals surface area (Å²) in [4.78, 5) is 0. The number of benzene rings is 1. The van der Waals surface area contributed by atoms with E-state index < -0.39 is 7.12 Å². The number of aromatic nitrogens is 2. The smallest absolute Gasteiger partial charge is 0.423 e. The molecule has 0 fully saturated rings. The highest BCUT2D eigenvalue weighted by Gasteiger charge is 2.10. The molecule has 0 aliphatic heterocycles. The Morgan fingerprint density at radius 2 is 1.73 bits per heavy atom. The largest absolute Gasteiger partial charge is 0.488 e. The molecular formula is C10H9BN2O2. The third-order valence-corrected chi connectivity index (χ3v) is 2.08. The number of nitrogens with zero attached hydrogens (tertiary/aromatic N) is 2. The average molecular weight is 200 g/mol. The van der Waals surface area contributed by atoms with Crippen LogP contribution in [0.4, 0.5) is 0 Å². The predicted octanol–water partition coefficient (Wildman–Crippen LogP) is -0.177. The summed E-state index contributed by atoms with van der Waals surface area (Å²) < 4.78 is 0. The van der Waals surface area contributed by atoms with Crippen molar-refractivity contribution in [3.05, 3.63) is 42.6 Å². The molecule has 1 aromatic heterocycles. The van der Waals surface area contributed by atoms with Crippen molar-refractivity contribution in [1.29, 1.82) is 0 Å². The van der Waals surface area contributed by atoms with E-state index in [1.54, 1.807) is 36.5 Å². The average Bonchev–Trinajstić information content (AvgIpc) is 2.30. The molecule has 1 heterocycles. The second-order valence-corrected chi connectivity index (χ2v) is 3.10. The summed E-state index contributed by atoms with van der Waals surface area (Å²) in [7, 11) is -1.43. The van der Waals surface area contributed by atoms with E-state index in [0.29, 0.717) is 5.46 Å². The maximum atomic E-state index is 8.91. The van der Waals surface area contributed by atoms with Gasteiger partial charge in [-0.05, 0) is 17.6 Å². The van der Waals surface area contributed by atoms with Crippen LogP contribution in [0.1, 0.15) is 0 Å². The third kappa shape index (κ3) is 2.20. The van der Waals surface area contributed by atoms with Gasteiger partial charge in [-0.15, -0.1) is 0 Å².